The molecule has 2 saturated carbocycles. The average Bonchev–Trinajstić information content (AvgIpc) is 3.24. The smallest absolute Gasteiger partial charge is 0.255 e. The van der Waals surface area contributed by atoms with Crippen molar-refractivity contribution < 1.29 is 38.1 Å². The Morgan fingerprint density at radius 3 is 2.19 bits per heavy atom. The normalized spacial score (nSPS) is 26.0. The van der Waals surface area contributed by atoms with Crippen LogP contribution >= 0.6 is 0 Å². The highest BCUT2D eigenvalue weighted by Gasteiger charge is 2.64. The van der Waals surface area contributed by atoms with E-state index < -0.39 is 17.9 Å². The molecular formula is C49H60N6O8. The third kappa shape index (κ3) is 8.70. The van der Waals surface area contributed by atoms with Gasteiger partial charge >= 0.3 is 0 Å². The fraction of sp³-hybridized carbons (Fsp3) is 0.531. The number of benzene rings is 3. The van der Waals surface area contributed by atoms with Crippen molar-refractivity contribution >= 4 is 29.3 Å². The topological polar surface area (TPSA) is 172 Å². The molecule has 3 aromatic carbocycles. The number of nitriles is 1. The van der Waals surface area contributed by atoms with Gasteiger partial charge in [-0.1, -0.05) is 27.7 Å². The van der Waals surface area contributed by atoms with E-state index in [1.54, 1.807) is 18.2 Å². The van der Waals surface area contributed by atoms with Gasteiger partial charge in [0.1, 0.15) is 35.5 Å². The molecule has 3 saturated heterocycles. The second kappa shape index (κ2) is 17.1. The Balaban J connectivity index is 0.795. The van der Waals surface area contributed by atoms with Crippen molar-refractivity contribution in [2.75, 3.05) is 44.8 Å². The maximum atomic E-state index is 13.6. The van der Waals surface area contributed by atoms with E-state index in [0.717, 1.165) is 74.4 Å². The van der Waals surface area contributed by atoms with Crippen LogP contribution in [-0.4, -0.2) is 104 Å². The summed E-state index contributed by atoms with van der Waals surface area (Å²) < 4.78 is 24.9. The highest BCUT2D eigenvalue weighted by atomic mass is 16.5. The van der Waals surface area contributed by atoms with E-state index in [9.17, 15) is 24.4 Å². The first-order valence-electron chi connectivity index (χ1n) is 22.2. The predicted octanol–water partition coefficient (Wildman–Crippen LogP) is 5.61. The maximum Gasteiger partial charge on any atom is 0.255 e. The molecule has 0 aromatic heterocycles. The van der Waals surface area contributed by atoms with Gasteiger partial charge in [0.05, 0.1) is 36.5 Å². The quantitative estimate of drug-likeness (QED) is 0.205. The number of methoxy groups -OCH3 is 1. The predicted molar refractivity (Wildman–Crippen MR) is 236 cm³/mol. The molecule has 5 fully saturated rings. The minimum atomic E-state index is -0.776. The second-order valence-corrected chi connectivity index (χ2v) is 19.3. The lowest BCUT2D eigenvalue weighted by molar-refractivity contribution is -0.164. The van der Waals surface area contributed by atoms with Gasteiger partial charge in [-0.15, -0.1) is 0 Å². The average molecular weight is 861 g/mol. The van der Waals surface area contributed by atoms with E-state index >= 15 is 0 Å². The minimum absolute atomic E-state index is 0.0417. The number of carbonyl (C=O) groups is 4. The number of imide groups is 1. The first kappa shape index (κ1) is 44.0. The van der Waals surface area contributed by atoms with Crippen LogP contribution in [0.2, 0.25) is 0 Å². The Hall–Kier alpha value is -5.65. The summed E-state index contributed by atoms with van der Waals surface area (Å²) in [5.74, 6) is 0.312. The van der Waals surface area contributed by atoms with Crippen LogP contribution in [0.25, 0.3) is 0 Å². The summed E-state index contributed by atoms with van der Waals surface area (Å²) in [6, 6.07) is 18.7. The van der Waals surface area contributed by atoms with Gasteiger partial charge in [-0.05, 0) is 92.8 Å². The van der Waals surface area contributed by atoms with E-state index in [2.05, 4.69) is 59.5 Å². The van der Waals surface area contributed by atoms with E-state index in [4.69, 9.17) is 18.9 Å². The molecule has 5 aliphatic rings. The van der Waals surface area contributed by atoms with E-state index in [1.165, 1.54) is 7.11 Å². The number of nitrogens with zero attached hydrogens (tertiary/aromatic N) is 3. The Morgan fingerprint density at radius 2 is 1.56 bits per heavy atom. The zero-order valence-electron chi connectivity index (χ0n) is 37.5. The third-order valence-electron chi connectivity index (χ3n) is 14.3. The SMILES string of the molecule is COc1cc(OC2CC(N3CCOC4(CCN(c5ccc(C(=O)NC6C(C)(C)C(Oc7cc(C)c(C#N)c(C)c7)C6(C)C)cc5)CC4)C3)C2)ccc1C(=O)NC1CCC(=O)NC1=O. The van der Waals surface area contributed by atoms with Gasteiger partial charge in [0.2, 0.25) is 11.8 Å². The molecule has 3 N–H and O–H groups in total. The monoisotopic (exact) mass is 860 g/mol. The zero-order valence-corrected chi connectivity index (χ0v) is 37.5. The van der Waals surface area contributed by atoms with Gasteiger partial charge in [-0.3, -0.25) is 29.4 Å². The van der Waals surface area contributed by atoms with Crippen molar-refractivity contribution in [3.8, 4) is 23.3 Å². The number of anilines is 1. The molecule has 14 heteroatoms. The Kier molecular flexibility index (Phi) is 12.0. The number of carbonyl (C=O) groups excluding carboxylic acids is 4. The van der Waals surface area contributed by atoms with Crippen molar-refractivity contribution in [3.63, 3.8) is 0 Å². The summed E-state index contributed by atoms with van der Waals surface area (Å²) in [7, 11) is 1.49. The summed E-state index contributed by atoms with van der Waals surface area (Å²) in [4.78, 5) is 55.2. The van der Waals surface area contributed by atoms with Gasteiger partial charge in [0.15, 0.2) is 0 Å². The summed E-state index contributed by atoms with van der Waals surface area (Å²) >= 11 is 0. The molecule has 334 valence electrons. The van der Waals surface area contributed by atoms with Gasteiger partial charge in [-0.2, -0.15) is 5.26 Å². The largest absolute Gasteiger partial charge is 0.496 e. The summed E-state index contributed by atoms with van der Waals surface area (Å²) in [6.45, 7) is 16.6. The van der Waals surface area contributed by atoms with Crippen molar-refractivity contribution in [2.45, 2.75) is 116 Å². The number of aryl methyl sites for hydroxylation is 2. The number of hydrogen-bond donors (Lipinski definition) is 3. The molecule has 3 aromatic rings. The first-order valence-corrected chi connectivity index (χ1v) is 22.2. The number of amides is 4. The molecule has 8 rings (SSSR count). The van der Waals surface area contributed by atoms with Crippen LogP contribution in [0.5, 0.6) is 17.2 Å². The molecular weight excluding hydrogens is 801 g/mol. The molecule has 3 heterocycles. The molecule has 3 aliphatic heterocycles. The number of rotatable bonds is 11. The Bertz CT molecular complexity index is 2270. The van der Waals surface area contributed by atoms with Crippen LogP contribution in [0.4, 0.5) is 5.69 Å². The molecule has 63 heavy (non-hydrogen) atoms. The van der Waals surface area contributed by atoms with Crippen LogP contribution in [0.1, 0.15) is 104 Å². The minimum Gasteiger partial charge on any atom is -0.496 e. The number of piperidine rings is 2. The van der Waals surface area contributed by atoms with Gasteiger partial charge in [-0.25, -0.2) is 0 Å². The van der Waals surface area contributed by atoms with Gasteiger partial charge in [0, 0.05) is 85.7 Å². The molecule has 0 bridgehead atoms. The number of morpholine rings is 1. The zero-order chi connectivity index (χ0) is 44.8. The van der Waals surface area contributed by atoms with Crippen LogP contribution in [0.3, 0.4) is 0 Å². The maximum absolute atomic E-state index is 13.6. The number of nitrogens with one attached hydrogen (secondary N) is 3. The van der Waals surface area contributed by atoms with E-state index in [0.29, 0.717) is 35.3 Å². The Labute approximate surface area is 369 Å². The molecule has 1 unspecified atom stereocenters. The summed E-state index contributed by atoms with van der Waals surface area (Å²) in [6.07, 6.45) is 3.95. The summed E-state index contributed by atoms with van der Waals surface area (Å²) in [5, 5.41) is 17.8. The molecule has 1 atom stereocenters. The number of ether oxygens (including phenoxy) is 4. The molecule has 14 nitrogen and oxygen atoms in total. The van der Waals surface area contributed by atoms with E-state index in [-0.39, 0.29) is 64.9 Å². The lowest BCUT2D eigenvalue weighted by Gasteiger charge is -2.63. The standard InChI is InChI=1S/C49H60N6O8/c1-29-22-35(23-30(2)38(29)27-50)63-46-47(3,4)45(48(46,5)6)53-42(57)31-8-10-32(11-9-31)54-18-16-49(17-19-54)28-55(20-21-61-49)33-24-36(25-33)62-34-12-13-37(40(26-34)60-7)43(58)51-39-14-15-41(56)52-44(39)59/h8-13,22-23,26,33,36,39,45-46H,14-21,24-25,28H2,1-7H3,(H,51,58)(H,53,57)(H,52,56,59). The van der Waals surface area contributed by atoms with Crippen molar-refractivity contribution in [2.24, 2.45) is 10.8 Å². The van der Waals surface area contributed by atoms with Crippen LogP contribution in [0.15, 0.2) is 54.6 Å². The van der Waals surface area contributed by atoms with Crippen molar-refractivity contribution in [1.29, 1.82) is 5.26 Å². The highest BCUT2D eigenvalue weighted by molar-refractivity contribution is 6.04. The van der Waals surface area contributed by atoms with Gasteiger partial charge in [0.25, 0.3) is 11.8 Å². The van der Waals surface area contributed by atoms with Crippen LogP contribution in [-0.2, 0) is 14.3 Å². The van der Waals surface area contributed by atoms with Crippen LogP contribution in [0, 0.1) is 36.0 Å². The van der Waals surface area contributed by atoms with E-state index in [1.807, 2.05) is 50.2 Å². The lowest BCUT2D eigenvalue weighted by Crippen LogP contribution is -2.74. The molecule has 4 amide bonds. The fourth-order valence-electron chi connectivity index (χ4n) is 10.9. The fourth-order valence-corrected chi connectivity index (χ4v) is 10.9. The summed E-state index contributed by atoms with van der Waals surface area (Å²) in [5.41, 5.74) is 3.64. The van der Waals surface area contributed by atoms with Crippen LogP contribution < -0.4 is 35.1 Å². The second-order valence-electron chi connectivity index (χ2n) is 19.3. The number of hydrogen-bond acceptors (Lipinski definition) is 11. The molecule has 1 spiro atoms. The molecule has 2 aliphatic carbocycles. The van der Waals surface area contributed by atoms with Crippen molar-refractivity contribution in [3.05, 3.63) is 82.4 Å². The van der Waals surface area contributed by atoms with Gasteiger partial charge < -0.3 is 34.5 Å². The highest BCUT2D eigenvalue weighted by Crippen LogP contribution is 2.55. The Morgan fingerprint density at radius 1 is 0.873 bits per heavy atom. The molecule has 0 radical (unpaired) electrons. The first-order chi connectivity index (χ1) is 30.0. The third-order valence-corrected chi connectivity index (χ3v) is 14.3. The lowest BCUT2D eigenvalue weighted by atomic mass is 9.49. The van der Waals surface area contributed by atoms with Crippen molar-refractivity contribution in [1.82, 2.24) is 20.9 Å².